The number of likely N-dealkylation sites (tertiary alicyclic amines) is 1. The highest BCUT2D eigenvalue weighted by Crippen LogP contribution is 2.14. The molecule has 0 spiro atoms. The third-order valence-corrected chi connectivity index (χ3v) is 3.08. The van der Waals surface area contributed by atoms with Gasteiger partial charge in [0.15, 0.2) is 0 Å². The van der Waals surface area contributed by atoms with Crippen LogP contribution in [0.5, 0.6) is 0 Å². The standard InChI is InChI=1S/C10H17N3O3/c11-9(14)8-7-16-6-5-13(8)10(15)12-3-1-2-4-12/h8H,1-7H2,(H2,11,14). The number of primary amides is 1. The summed E-state index contributed by atoms with van der Waals surface area (Å²) in [6, 6.07) is -0.688. The Labute approximate surface area is 94.3 Å². The average molecular weight is 227 g/mol. The minimum Gasteiger partial charge on any atom is -0.377 e. The molecule has 1 atom stereocenters. The first-order valence-electron chi connectivity index (χ1n) is 5.63. The monoisotopic (exact) mass is 227 g/mol. The van der Waals surface area contributed by atoms with Gasteiger partial charge in [-0.25, -0.2) is 4.79 Å². The number of nitrogens with two attached hydrogens (primary N) is 1. The van der Waals surface area contributed by atoms with Crippen LogP contribution in [-0.4, -0.2) is 60.6 Å². The van der Waals surface area contributed by atoms with Gasteiger partial charge in [0, 0.05) is 19.6 Å². The van der Waals surface area contributed by atoms with Crippen LogP contribution in [0.2, 0.25) is 0 Å². The number of carbonyl (C=O) groups excluding carboxylic acids is 2. The molecule has 0 saturated carbocycles. The van der Waals surface area contributed by atoms with E-state index in [2.05, 4.69) is 0 Å². The number of hydrogen-bond donors (Lipinski definition) is 1. The Morgan fingerprint density at radius 2 is 1.88 bits per heavy atom. The van der Waals surface area contributed by atoms with E-state index in [1.54, 1.807) is 4.90 Å². The zero-order valence-electron chi connectivity index (χ0n) is 9.22. The summed E-state index contributed by atoms with van der Waals surface area (Å²) in [6.07, 6.45) is 2.08. The minimum absolute atomic E-state index is 0.0791. The summed E-state index contributed by atoms with van der Waals surface area (Å²) in [7, 11) is 0. The molecule has 2 saturated heterocycles. The third-order valence-electron chi connectivity index (χ3n) is 3.08. The van der Waals surface area contributed by atoms with Crippen molar-refractivity contribution in [2.45, 2.75) is 18.9 Å². The summed E-state index contributed by atoms with van der Waals surface area (Å²) < 4.78 is 5.17. The Morgan fingerprint density at radius 3 is 2.50 bits per heavy atom. The van der Waals surface area contributed by atoms with E-state index < -0.39 is 11.9 Å². The van der Waals surface area contributed by atoms with Crippen molar-refractivity contribution in [2.24, 2.45) is 5.73 Å². The molecule has 16 heavy (non-hydrogen) atoms. The molecular weight excluding hydrogens is 210 g/mol. The third kappa shape index (κ3) is 2.11. The van der Waals surface area contributed by atoms with Gasteiger partial charge in [-0.3, -0.25) is 4.79 Å². The molecule has 0 radical (unpaired) electrons. The first-order chi connectivity index (χ1) is 7.70. The molecule has 90 valence electrons. The number of nitrogens with zero attached hydrogens (tertiary/aromatic N) is 2. The second kappa shape index (κ2) is 4.69. The van der Waals surface area contributed by atoms with Gasteiger partial charge in [-0.2, -0.15) is 0 Å². The number of carbonyl (C=O) groups is 2. The Morgan fingerprint density at radius 1 is 1.19 bits per heavy atom. The number of urea groups is 1. The number of rotatable bonds is 1. The van der Waals surface area contributed by atoms with Crippen molar-refractivity contribution >= 4 is 11.9 Å². The maximum atomic E-state index is 12.1. The first-order valence-corrected chi connectivity index (χ1v) is 5.63. The zero-order valence-corrected chi connectivity index (χ0v) is 9.22. The van der Waals surface area contributed by atoms with Gasteiger partial charge in [0.1, 0.15) is 6.04 Å². The fourth-order valence-corrected chi connectivity index (χ4v) is 2.16. The molecule has 3 amide bonds. The Bertz CT molecular complexity index is 289. The second-order valence-corrected chi connectivity index (χ2v) is 4.16. The molecule has 0 aromatic carbocycles. The Balaban J connectivity index is 2.04. The van der Waals surface area contributed by atoms with Gasteiger partial charge in [-0.15, -0.1) is 0 Å². The molecule has 0 aliphatic carbocycles. The van der Waals surface area contributed by atoms with E-state index in [9.17, 15) is 9.59 Å². The molecule has 0 aromatic rings. The van der Waals surface area contributed by atoms with Crippen molar-refractivity contribution in [3.8, 4) is 0 Å². The molecule has 2 aliphatic rings. The lowest BCUT2D eigenvalue weighted by Gasteiger charge is -2.36. The van der Waals surface area contributed by atoms with Gasteiger partial charge < -0.3 is 20.3 Å². The van der Waals surface area contributed by atoms with Crippen LogP contribution in [0.25, 0.3) is 0 Å². The normalized spacial score (nSPS) is 25.9. The molecule has 2 N–H and O–H groups in total. The molecule has 2 fully saturated rings. The van der Waals surface area contributed by atoms with Crippen LogP contribution >= 0.6 is 0 Å². The smallest absolute Gasteiger partial charge is 0.320 e. The van der Waals surface area contributed by atoms with Crippen molar-refractivity contribution < 1.29 is 14.3 Å². The van der Waals surface area contributed by atoms with Gasteiger partial charge in [0.05, 0.1) is 13.2 Å². The molecule has 1 unspecified atom stereocenters. The summed E-state index contributed by atoms with van der Waals surface area (Å²) >= 11 is 0. The van der Waals surface area contributed by atoms with Gasteiger partial charge in [-0.05, 0) is 12.8 Å². The average Bonchev–Trinajstić information content (AvgIpc) is 2.81. The molecule has 6 heteroatoms. The number of hydrogen-bond acceptors (Lipinski definition) is 3. The Hall–Kier alpha value is -1.30. The van der Waals surface area contributed by atoms with Crippen molar-refractivity contribution in [2.75, 3.05) is 32.8 Å². The van der Waals surface area contributed by atoms with Gasteiger partial charge >= 0.3 is 6.03 Å². The van der Waals surface area contributed by atoms with E-state index in [-0.39, 0.29) is 12.6 Å². The molecular formula is C10H17N3O3. The summed E-state index contributed by atoms with van der Waals surface area (Å²) in [4.78, 5) is 26.6. The first kappa shape index (κ1) is 11.2. The van der Waals surface area contributed by atoms with Crippen LogP contribution < -0.4 is 5.73 Å². The predicted molar refractivity (Wildman–Crippen MR) is 56.7 cm³/mol. The SMILES string of the molecule is NC(=O)C1COCCN1C(=O)N1CCCC1. The van der Waals surface area contributed by atoms with Crippen molar-refractivity contribution in [1.82, 2.24) is 9.80 Å². The molecule has 0 bridgehead atoms. The second-order valence-electron chi connectivity index (χ2n) is 4.16. The molecule has 2 aliphatic heterocycles. The topological polar surface area (TPSA) is 75.9 Å². The van der Waals surface area contributed by atoms with Gasteiger partial charge in [0.25, 0.3) is 0 Å². The summed E-state index contributed by atoms with van der Waals surface area (Å²) in [5.41, 5.74) is 5.26. The highest BCUT2D eigenvalue weighted by atomic mass is 16.5. The van der Waals surface area contributed by atoms with Crippen LogP contribution in [0.3, 0.4) is 0 Å². The van der Waals surface area contributed by atoms with E-state index in [4.69, 9.17) is 10.5 Å². The molecule has 2 heterocycles. The molecule has 0 aromatic heterocycles. The number of ether oxygens (including phenoxy) is 1. The van der Waals surface area contributed by atoms with E-state index in [1.807, 2.05) is 0 Å². The van der Waals surface area contributed by atoms with Crippen molar-refractivity contribution in [3.63, 3.8) is 0 Å². The van der Waals surface area contributed by atoms with E-state index >= 15 is 0 Å². The van der Waals surface area contributed by atoms with Crippen LogP contribution in [0.1, 0.15) is 12.8 Å². The summed E-state index contributed by atoms with van der Waals surface area (Å²) in [6.45, 7) is 2.70. The zero-order chi connectivity index (χ0) is 11.5. The predicted octanol–water partition coefficient (Wildman–Crippen LogP) is -0.612. The highest BCUT2D eigenvalue weighted by molar-refractivity contribution is 5.86. The van der Waals surface area contributed by atoms with Crippen molar-refractivity contribution in [3.05, 3.63) is 0 Å². The summed E-state index contributed by atoms with van der Waals surface area (Å²) in [5, 5.41) is 0. The quantitative estimate of drug-likeness (QED) is 0.649. The van der Waals surface area contributed by atoms with Crippen LogP contribution in [0, 0.1) is 0 Å². The fourth-order valence-electron chi connectivity index (χ4n) is 2.16. The molecule has 6 nitrogen and oxygen atoms in total. The molecule has 2 rings (SSSR count). The lowest BCUT2D eigenvalue weighted by Crippen LogP contribution is -2.57. The number of morpholine rings is 1. The highest BCUT2D eigenvalue weighted by Gasteiger charge is 2.34. The van der Waals surface area contributed by atoms with Crippen LogP contribution in [0.4, 0.5) is 4.79 Å². The van der Waals surface area contributed by atoms with Gasteiger partial charge in [0.2, 0.25) is 5.91 Å². The van der Waals surface area contributed by atoms with Crippen LogP contribution in [-0.2, 0) is 9.53 Å². The largest absolute Gasteiger partial charge is 0.377 e. The van der Waals surface area contributed by atoms with E-state index in [0.29, 0.717) is 13.2 Å². The summed E-state index contributed by atoms with van der Waals surface area (Å²) in [5.74, 6) is -0.493. The lowest BCUT2D eigenvalue weighted by molar-refractivity contribution is -0.127. The van der Waals surface area contributed by atoms with Crippen molar-refractivity contribution in [1.29, 1.82) is 0 Å². The van der Waals surface area contributed by atoms with Crippen LogP contribution in [0.15, 0.2) is 0 Å². The Kier molecular flexibility index (Phi) is 3.28. The minimum atomic E-state index is -0.609. The number of amides is 3. The van der Waals surface area contributed by atoms with E-state index in [0.717, 1.165) is 25.9 Å². The lowest BCUT2D eigenvalue weighted by atomic mass is 10.2. The van der Waals surface area contributed by atoms with E-state index in [1.165, 1.54) is 4.90 Å². The fraction of sp³-hybridized carbons (Fsp3) is 0.800. The maximum Gasteiger partial charge on any atom is 0.320 e. The van der Waals surface area contributed by atoms with Gasteiger partial charge in [-0.1, -0.05) is 0 Å². The maximum absolute atomic E-state index is 12.1.